The molecule has 1 aromatic heterocycles. The van der Waals surface area contributed by atoms with Crippen molar-refractivity contribution in [2.24, 2.45) is 12.5 Å². The van der Waals surface area contributed by atoms with Crippen LogP contribution in [0.1, 0.15) is 39.2 Å². The van der Waals surface area contributed by atoms with E-state index in [0.717, 1.165) is 19.3 Å². The first-order valence-corrected chi connectivity index (χ1v) is 5.94. The maximum Gasteiger partial charge on any atom is 0.0521 e. The van der Waals surface area contributed by atoms with Gasteiger partial charge in [0, 0.05) is 18.6 Å². The summed E-state index contributed by atoms with van der Waals surface area (Å²) < 4.78 is 1.85. The highest BCUT2D eigenvalue weighted by molar-refractivity contribution is 6.20. The average Bonchev–Trinajstić information content (AvgIpc) is 2.46. The highest BCUT2D eigenvalue weighted by Crippen LogP contribution is 2.29. The minimum Gasteiger partial charge on any atom is -0.276 e. The summed E-state index contributed by atoms with van der Waals surface area (Å²) in [5, 5.41) is 4.43. The lowest BCUT2D eigenvalue weighted by atomic mass is 9.82. The zero-order valence-electron chi connectivity index (χ0n) is 10.1. The molecule has 1 atom stereocenters. The van der Waals surface area contributed by atoms with Crippen LogP contribution in [0.2, 0.25) is 0 Å². The van der Waals surface area contributed by atoms with E-state index in [4.69, 9.17) is 11.6 Å². The molecule has 0 aliphatic carbocycles. The van der Waals surface area contributed by atoms with Crippen molar-refractivity contribution in [1.82, 2.24) is 9.78 Å². The summed E-state index contributed by atoms with van der Waals surface area (Å²) in [6.45, 7) is 6.62. The fourth-order valence-electron chi connectivity index (χ4n) is 1.95. The minimum atomic E-state index is 0.258. The Morgan fingerprint density at radius 2 is 2.20 bits per heavy atom. The Morgan fingerprint density at radius 3 is 2.67 bits per heavy atom. The van der Waals surface area contributed by atoms with Crippen LogP contribution in [0.4, 0.5) is 0 Å². The van der Waals surface area contributed by atoms with Crippen molar-refractivity contribution in [3.63, 3.8) is 0 Å². The van der Waals surface area contributed by atoms with E-state index in [2.05, 4.69) is 32.1 Å². The normalized spacial score (nSPS) is 14.2. The monoisotopic (exact) mass is 228 g/mol. The zero-order valence-corrected chi connectivity index (χ0v) is 10.9. The maximum atomic E-state index is 6.03. The van der Waals surface area contributed by atoms with E-state index in [1.54, 1.807) is 0 Å². The van der Waals surface area contributed by atoms with E-state index in [1.165, 1.54) is 5.56 Å². The second-order valence-corrected chi connectivity index (χ2v) is 5.92. The Kier molecular flexibility index (Phi) is 4.21. The van der Waals surface area contributed by atoms with Crippen molar-refractivity contribution >= 4 is 11.6 Å². The number of halogens is 1. The van der Waals surface area contributed by atoms with Gasteiger partial charge in [-0.1, -0.05) is 13.8 Å². The summed E-state index contributed by atoms with van der Waals surface area (Å²) in [6.07, 6.45) is 7.34. The molecule has 86 valence electrons. The predicted octanol–water partition coefficient (Wildman–Crippen LogP) is 3.40. The Hall–Kier alpha value is -0.500. The molecule has 0 amide bonds. The van der Waals surface area contributed by atoms with Crippen LogP contribution in [0.15, 0.2) is 12.4 Å². The summed E-state index contributed by atoms with van der Waals surface area (Å²) in [7, 11) is 1.95. The topological polar surface area (TPSA) is 17.8 Å². The summed E-state index contributed by atoms with van der Waals surface area (Å²) in [5.41, 5.74) is 1.63. The molecule has 15 heavy (non-hydrogen) atoms. The van der Waals surface area contributed by atoms with E-state index >= 15 is 0 Å². The fourth-order valence-corrected chi connectivity index (χ4v) is 2.36. The second kappa shape index (κ2) is 5.02. The Bertz CT molecular complexity index is 302. The average molecular weight is 229 g/mol. The number of aryl methyl sites for hydroxylation is 2. The molecule has 0 aliphatic heterocycles. The highest BCUT2D eigenvalue weighted by Gasteiger charge is 2.20. The molecule has 2 nitrogen and oxygen atoms in total. The molecule has 0 saturated carbocycles. The SMILES string of the molecule is CC(Cl)CC(C)(C)CCc1cnn(C)c1. The van der Waals surface area contributed by atoms with E-state index in [0.29, 0.717) is 5.41 Å². The van der Waals surface area contributed by atoms with Gasteiger partial charge in [0.05, 0.1) is 6.20 Å². The lowest BCUT2D eigenvalue weighted by molar-refractivity contribution is 0.307. The standard InChI is InChI=1S/C12H21ClN2/c1-10(13)7-12(2,3)6-5-11-8-14-15(4)9-11/h8-10H,5-7H2,1-4H3. The van der Waals surface area contributed by atoms with Crippen molar-refractivity contribution in [3.8, 4) is 0 Å². The van der Waals surface area contributed by atoms with Crippen LogP contribution in [-0.2, 0) is 13.5 Å². The molecule has 1 rings (SSSR count). The number of nitrogens with zero attached hydrogens (tertiary/aromatic N) is 2. The predicted molar refractivity (Wildman–Crippen MR) is 65.2 cm³/mol. The molecule has 0 aromatic carbocycles. The Labute approximate surface area is 97.6 Å². The van der Waals surface area contributed by atoms with Crippen molar-refractivity contribution in [1.29, 1.82) is 0 Å². The van der Waals surface area contributed by atoms with Crippen molar-refractivity contribution < 1.29 is 0 Å². The van der Waals surface area contributed by atoms with Gasteiger partial charge in [-0.2, -0.15) is 5.10 Å². The third kappa shape index (κ3) is 4.70. The van der Waals surface area contributed by atoms with Gasteiger partial charge in [-0.3, -0.25) is 4.68 Å². The lowest BCUT2D eigenvalue weighted by Crippen LogP contribution is -2.16. The van der Waals surface area contributed by atoms with Crippen molar-refractivity contribution in [3.05, 3.63) is 18.0 Å². The largest absolute Gasteiger partial charge is 0.276 e. The van der Waals surface area contributed by atoms with Crippen LogP contribution in [0.3, 0.4) is 0 Å². The van der Waals surface area contributed by atoms with Gasteiger partial charge in [0.15, 0.2) is 0 Å². The third-order valence-corrected chi connectivity index (χ3v) is 2.84. The van der Waals surface area contributed by atoms with Gasteiger partial charge in [-0.15, -0.1) is 11.6 Å². The molecule has 0 N–H and O–H groups in total. The van der Waals surface area contributed by atoms with Crippen LogP contribution >= 0.6 is 11.6 Å². The molecule has 0 radical (unpaired) electrons. The zero-order chi connectivity index (χ0) is 11.5. The number of hydrogen-bond acceptors (Lipinski definition) is 1. The maximum absolute atomic E-state index is 6.03. The van der Waals surface area contributed by atoms with Crippen LogP contribution in [0.5, 0.6) is 0 Å². The van der Waals surface area contributed by atoms with Crippen LogP contribution in [-0.4, -0.2) is 15.2 Å². The summed E-state index contributed by atoms with van der Waals surface area (Å²) in [6, 6.07) is 0. The van der Waals surface area contributed by atoms with Crippen LogP contribution in [0.25, 0.3) is 0 Å². The molecule has 0 bridgehead atoms. The molecular weight excluding hydrogens is 208 g/mol. The Balaban J connectivity index is 2.42. The van der Waals surface area contributed by atoms with Crippen LogP contribution < -0.4 is 0 Å². The minimum absolute atomic E-state index is 0.258. The number of rotatable bonds is 5. The van der Waals surface area contributed by atoms with Gasteiger partial charge >= 0.3 is 0 Å². The quantitative estimate of drug-likeness (QED) is 0.707. The molecule has 0 spiro atoms. The lowest BCUT2D eigenvalue weighted by Gasteiger charge is -2.25. The third-order valence-electron chi connectivity index (χ3n) is 2.68. The van der Waals surface area contributed by atoms with E-state index in [1.807, 2.05) is 17.9 Å². The van der Waals surface area contributed by atoms with E-state index in [9.17, 15) is 0 Å². The molecular formula is C12H21ClN2. The molecule has 1 heterocycles. The van der Waals surface area contributed by atoms with Crippen molar-refractivity contribution in [2.75, 3.05) is 0 Å². The number of aromatic nitrogens is 2. The summed E-state index contributed by atoms with van der Waals surface area (Å²) >= 11 is 6.03. The van der Waals surface area contributed by atoms with Gasteiger partial charge in [-0.05, 0) is 37.2 Å². The summed E-state index contributed by atoms with van der Waals surface area (Å²) in [4.78, 5) is 0. The fraction of sp³-hybridized carbons (Fsp3) is 0.750. The number of hydrogen-bond donors (Lipinski definition) is 0. The van der Waals surface area contributed by atoms with Crippen molar-refractivity contribution in [2.45, 2.75) is 45.4 Å². The molecule has 0 aliphatic rings. The molecule has 0 saturated heterocycles. The van der Waals surface area contributed by atoms with Gasteiger partial charge in [0.1, 0.15) is 0 Å². The number of alkyl halides is 1. The first-order chi connectivity index (χ1) is 6.89. The molecule has 1 unspecified atom stereocenters. The van der Waals surface area contributed by atoms with Gasteiger partial charge < -0.3 is 0 Å². The molecule has 1 aromatic rings. The smallest absolute Gasteiger partial charge is 0.0521 e. The van der Waals surface area contributed by atoms with Gasteiger partial charge in [-0.25, -0.2) is 0 Å². The highest BCUT2D eigenvalue weighted by atomic mass is 35.5. The first kappa shape index (κ1) is 12.6. The van der Waals surface area contributed by atoms with Gasteiger partial charge in [0.2, 0.25) is 0 Å². The molecule has 0 fully saturated rings. The second-order valence-electron chi connectivity index (χ2n) is 5.17. The Morgan fingerprint density at radius 1 is 1.53 bits per heavy atom. The first-order valence-electron chi connectivity index (χ1n) is 5.51. The van der Waals surface area contributed by atoms with Crippen LogP contribution in [0, 0.1) is 5.41 Å². The van der Waals surface area contributed by atoms with E-state index < -0.39 is 0 Å². The summed E-state index contributed by atoms with van der Waals surface area (Å²) in [5.74, 6) is 0. The van der Waals surface area contributed by atoms with E-state index in [-0.39, 0.29) is 5.38 Å². The van der Waals surface area contributed by atoms with Gasteiger partial charge in [0.25, 0.3) is 0 Å². The molecule has 3 heteroatoms.